The molecular weight excluding hydrogens is 2000 g/mol. The maximum atomic E-state index is 13.8. The molecule has 16 nitrogen and oxygen atoms in total. The number of aliphatic hydroxyl groups is 3. The number of aliphatic hydroxyl groups excluding tert-OH is 3. The normalized spacial score (nSPS) is 14.5. The molecule has 7 N–H and O–H groups in total. The average molecular weight is 2100 g/mol. The summed E-state index contributed by atoms with van der Waals surface area (Å²) in [6.07, 6.45) is 11.9. The van der Waals surface area contributed by atoms with Crippen molar-refractivity contribution in [3.63, 3.8) is 0 Å². The van der Waals surface area contributed by atoms with Crippen LogP contribution in [0.4, 0.5) is 33.2 Å². The third-order valence-corrected chi connectivity index (χ3v) is 24.0. The van der Waals surface area contributed by atoms with Gasteiger partial charge in [-0.1, -0.05) is 263 Å². The highest BCUT2D eigenvalue weighted by atomic mass is 79.9. The highest BCUT2D eigenvalue weighted by Crippen LogP contribution is 2.47. The predicted octanol–water partition coefficient (Wildman–Crippen LogP) is 26.1. The van der Waals surface area contributed by atoms with Gasteiger partial charge in [0.15, 0.2) is 5.78 Å². The third kappa shape index (κ3) is 29.7. The number of aldehydes is 2. The Kier molecular flexibility index (Phi) is 36.5. The predicted molar refractivity (Wildman–Crippen MR) is 518 cm³/mol. The van der Waals surface area contributed by atoms with Crippen LogP contribution in [0.5, 0.6) is 0 Å². The quantitative estimate of drug-likeness (QED) is 0.0171. The number of anilines is 4. The number of hydrogen-bond donors (Lipinski definition) is 6. The lowest BCUT2D eigenvalue weighted by molar-refractivity contribution is -0.128. The lowest BCUT2D eigenvalue weighted by atomic mass is 9.96. The van der Waals surface area contributed by atoms with Crippen molar-refractivity contribution in [3.8, 4) is 22.6 Å². The zero-order chi connectivity index (χ0) is 87.2. The number of nitrogens with two attached hydrogens (primary N) is 1. The van der Waals surface area contributed by atoms with Crippen LogP contribution in [0.1, 0.15) is 121 Å². The first kappa shape index (κ1) is 93.8. The molecule has 5 aliphatic carbocycles. The van der Waals surface area contributed by atoms with Crippen molar-refractivity contribution < 1.29 is 39.3 Å². The first-order valence-corrected chi connectivity index (χ1v) is 45.8. The summed E-state index contributed by atoms with van der Waals surface area (Å²) in [5.41, 5.74) is 17.5. The molecule has 0 aliphatic heterocycles. The van der Waals surface area contributed by atoms with Crippen LogP contribution >= 0.6 is 112 Å². The van der Waals surface area contributed by atoms with Crippen LogP contribution in [-0.2, 0) is 14.4 Å². The largest absolute Gasteiger partial charge is 0.399 e. The molecule has 1 aromatic heterocycles. The van der Waals surface area contributed by atoms with E-state index in [4.69, 9.17) is 5.73 Å². The molecule has 123 heavy (non-hydrogen) atoms. The maximum Gasteiger partial charge on any atom is 0.338 e. The second-order valence-electron chi connectivity index (χ2n) is 29.8. The van der Waals surface area contributed by atoms with Crippen molar-refractivity contribution in [2.45, 2.75) is 101 Å². The number of halogens is 7. The average Bonchev–Trinajstić information content (AvgIpc) is 1.57. The van der Waals surface area contributed by atoms with E-state index in [1.54, 1.807) is 41.3 Å². The van der Waals surface area contributed by atoms with Crippen LogP contribution in [-0.4, -0.2) is 67.0 Å². The first-order chi connectivity index (χ1) is 59.7. The Morgan fingerprint density at radius 2 is 0.862 bits per heavy atom. The molecule has 1 heterocycles. The topological polar surface area (TPSA) is 239 Å². The van der Waals surface area contributed by atoms with Crippen molar-refractivity contribution >= 4 is 170 Å². The smallest absolute Gasteiger partial charge is 0.338 e. The molecule has 5 fully saturated rings. The van der Waals surface area contributed by atoms with Gasteiger partial charge in [-0.2, -0.15) is 4.99 Å². The number of amides is 2. The van der Waals surface area contributed by atoms with Crippen molar-refractivity contribution in [2.75, 3.05) is 21.3 Å². The number of nitrogen functional groups attached to an aromatic ring is 1. The van der Waals surface area contributed by atoms with Gasteiger partial charge in [0.2, 0.25) is 6.08 Å². The minimum Gasteiger partial charge on any atom is -0.399 e. The van der Waals surface area contributed by atoms with E-state index in [1.807, 2.05) is 282 Å². The molecule has 5 unspecified atom stereocenters. The zero-order valence-electron chi connectivity index (χ0n) is 66.9. The molecule has 23 heteroatoms. The number of imidazole rings is 1. The molecule has 630 valence electrons. The Labute approximate surface area is 776 Å². The number of aromatic nitrogens is 2. The number of rotatable bonds is 21. The van der Waals surface area contributed by atoms with Gasteiger partial charge in [0.25, 0.3) is 0 Å². The molecule has 5 atom stereocenters. The van der Waals surface area contributed by atoms with Crippen LogP contribution in [0.15, 0.2) is 363 Å². The summed E-state index contributed by atoms with van der Waals surface area (Å²) in [6, 6.07) is 101. The van der Waals surface area contributed by atoms with E-state index in [0.717, 1.165) is 157 Å². The summed E-state index contributed by atoms with van der Waals surface area (Å²) in [5, 5.41) is 38.1. The highest BCUT2D eigenvalue weighted by molar-refractivity contribution is 9.11. The van der Waals surface area contributed by atoms with Crippen LogP contribution in [0.2, 0.25) is 0 Å². The monoisotopic (exact) mass is 2090 g/mol. The van der Waals surface area contributed by atoms with Gasteiger partial charge in [0.1, 0.15) is 24.8 Å². The summed E-state index contributed by atoms with van der Waals surface area (Å²) in [4.78, 5) is 73.2. The number of nitrogens with one attached hydrogen (secondary N) is 2. The molecule has 0 spiro atoms. The summed E-state index contributed by atoms with van der Waals surface area (Å²) < 4.78 is 10.7. The van der Waals surface area contributed by atoms with E-state index >= 15 is 0 Å². The first-order valence-electron chi connectivity index (χ1n) is 40.3. The molecule has 13 aromatic rings. The number of aliphatic imine (C=N–C) groups is 1. The van der Waals surface area contributed by atoms with Gasteiger partial charge in [-0.3, -0.25) is 23.6 Å². The van der Waals surface area contributed by atoms with E-state index in [-0.39, 0.29) is 41.4 Å². The maximum absolute atomic E-state index is 13.8. The van der Waals surface area contributed by atoms with E-state index < -0.39 is 18.3 Å². The van der Waals surface area contributed by atoms with Crippen molar-refractivity contribution in [1.29, 1.82) is 0 Å². The highest BCUT2D eigenvalue weighted by Gasteiger charge is 2.44. The van der Waals surface area contributed by atoms with Crippen molar-refractivity contribution in [1.82, 2.24) is 9.13 Å². The lowest BCUT2D eigenvalue weighted by Crippen LogP contribution is -2.47. The van der Waals surface area contributed by atoms with Gasteiger partial charge in [0.05, 0.1) is 46.6 Å². The molecule has 18 rings (SSSR count). The number of carbonyl (C=O) groups excluding carboxylic acids is 5. The van der Waals surface area contributed by atoms with E-state index in [1.165, 1.54) is 18.9 Å². The summed E-state index contributed by atoms with van der Waals surface area (Å²) in [7, 11) is 0. The Balaban J connectivity index is 0.000000146. The summed E-state index contributed by atoms with van der Waals surface area (Å²) in [6.45, 7) is 0. The molecular formula is C100H92Br7N7O9. The zero-order valence-corrected chi connectivity index (χ0v) is 78.0. The number of benzene rings is 12. The molecule has 0 saturated heterocycles. The van der Waals surface area contributed by atoms with Crippen LogP contribution in [0.3, 0.4) is 0 Å². The fraction of sp³-hybridized carbons (Fsp3) is 0.200. The van der Waals surface area contributed by atoms with Crippen molar-refractivity contribution in [3.05, 3.63) is 391 Å². The Bertz CT molecular complexity index is 5550. The van der Waals surface area contributed by atoms with E-state index in [9.17, 15) is 44.1 Å². The number of urea groups is 1. The molecule has 0 bridgehead atoms. The van der Waals surface area contributed by atoms with Crippen molar-refractivity contribution in [2.24, 2.45) is 28.7 Å². The number of isocyanates is 1. The van der Waals surface area contributed by atoms with Crippen LogP contribution < -0.4 is 27.0 Å². The van der Waals surface area contributed by atoms with E-state index in [2.05, 4.69) is 139 Å². The minimum absolute atomic E-state index is 0.0220. The molecule has 12 aromatic carbocycles. The fourth-order valence-electron chi connectivity index (χ4n) is 13.1. The molecule has 5 saturated carbocycles. The number of carbonyl (C=O) groups is 4. The second kappa shape index (κ2) is 47.9. The van der Waals surface area contributed by atoms with Gasteiger partial charge >= 0.3 is 11.7 Å². The van der Waals surface area contributed by atoms with Crippen LogP contribution in [0, 0.1) is 23.7 Å². The van der Waals surface area contributed by atoms with Gasteiger partial charge in [-0.15, -0.1) is 0 Å². The second-order valence-corrected chi connectivity index (χ2v) is 36.3. The number of ketones is 1. The van der Waals surface area contributed by atoms with Crippen LogP contribution in [0.25, 0.3) is 22.6 Å². The molecule has 5 aliphatic rings. The Hall–Kier alpha value is -9.85. The summed E-state index contributed by atoms with van der Waals surface area (Å²) in [5.74, 6) is 1.77. The Morgan fingerprint density at radius 1 is 0.455 bits per heavy atom. The minimum atomic E-state index is -0.909. The SMILES string of the molecule is Nc1ccc(Br)cc1.O=C(C1CC1)C(O)c1ccccc1.O=C(Nc1ccc(Br)cc1)N(c1ccc(Br)cc1)C(C1CC1)C(O)c1ccccc1.O=C=Nc1ccc(Br)cc1.O=CC1CC1.O=Cc1ccccc1.O=c1n(-c2ccc(Br)cc2)c(-c2ccccc2)c(C2CC2)n1-c1ccc(Br)cc1.OC(c1ccccc1)C(Nc1ccc(Br)cc1)C1CC1. The number of hydrogen-bond acceptors (Lipinski definition) is 12. The van der Waals surface area contributed by atoms with Gasteiger partial charge < -0.3 is 36.5 Å². The molecule has 0 radical (unpaired) electrons. The standard InChI is InChI=1S/C24H22Br2N2O2.C24H18Br2N2O.C17H18BrNO.C11H12O2.C7H4BrNO.C7H6O.C6H6BrN.C4H6O/c25-18-8-12-20(13-9-18)27-24(30)28(21-14-10-19(26)11-15-21)22(16-6-7-16)23(29)17-4-2-1-3-5-17;25-18-8-12-20(13-9-18)27-22(16-4-2-1-3-5-16)23(17-6-7-17)28(24(27)29)21-14-10-19(26)11-15-21;18-14-8-10-15(11-9-14)19-16(12-6-7-12)17(20)13-4-2-1-3-5-13;12-10(11(13)9-6-7-9)8-4-2-1-3-5-8;8-6-1-3-7(4-2-6)9-5-10;8-6-7-4-2-1-3-5-7;7-5-1-3-6(8)4-2-5;5-3-4-1-2-4/h1-5,8-16,22-23,29H,6-7H2,(H,27,30);1-5,8-15,17H,6-7H2;1-5,8-12,16-17,19-20H,6-7H2;1-5,9-10,12H,6-7H2;1-4H;1-6H;1-4H,8H2;3-4H,1-2H2. The lowest BCUT2D eigenvalue weighted by Gasteiger charge is -2.35. The van der Waals surface area contributed by atoms with Gasteiger partial charge in [0, 0.05) is 82.9 Å². The van der Waals surface area contributed by atoms with Gasteiger partial charge in [-0.25, -0.2) is 14.4 Å². The number of nitrogens with zero attached hydrogens (tertiary/aromatic N) is 4. The third-order valence-electron chi connectivity index (χ3n) is 20.3. The number of Topliss-reactive ketones (excluding diaryl/α,β-unsaturated/α-hetero) is 1. The van der Waals surface area contributed by atoms with E-state index in [0.29, 0.717) is 34.7 Å². The summed E-state index contributed by atoms with van der Waals surface area (Å²) >= 11 is 23.9. The molecule has 2 amide bonds. The Morgan fingerprint density at radius 3 is 1.27 bits per heavy atom. The van der Waals surface area contributed by atoms with Gasteiger partial charge in [-0.05, 0) is 263 Å². The fourth-order valence-corrected chi connectivity index (χ4v) is 15.0.